The van der Waals surface area contributed by atoms with Crippen molar-refractivity contribution in [3.63, 3.8) is 0 Å². The molecule has 80 heavy (non-hydrogen) atoms. The van der Waals surface area contributed by atoms with E-state index in [1.54, 1.807) is 19.1 Å². The van der Waals surface area contributed by atoms with Crippen molar-refractivity contribution in [3.8, 4) is 56.8 Å². The fourth-order valence-corrected chi connectivity index (χ4v) is 7.77. The first kappa shape index (κ1) is 63.4. The highest BCUT2D eigenvalue weighted by atomic mass is 16.5. The van der Waals surface area contributed by atoms with Gasteiger partial charge in [-0.25, -0.2) is 0 Å². The van der Waals surface area contributed by atoms with Crippen LogP contribution in [0.2, 0.25) is 0 Å². The van der Waals surface area contributed by atoms with Gasteiger partial charge >= 0.3 is 0 Å². The summed E-state index contributed by atoms with van der Waals surface area (Å²) in [5.41, 5.74) is 54.4. The quantitative estimate of drug-likeness (QED) is 0.0173. The average Bonchev–Trinajstić information content (AvgIpc) is 3.52. The van der Waals surface area contributed by atoms with Crippen LogP contribution in [0.4, 0.5) is 0 Å². The van der Waals surface area contributed by atoms with Crippen molar-refractivity contribution < 1.29 is 38.0 Å². The van der Waals surface area contributed by atoms with E-state index < -0.39 is 0 Å². The first-order chi connectivity index (χ1) is 38.5. The van der Waals surface area contributed by atoms with Crippen LogP contribution in [0.1, 0.15) is 82.3 Å². The van der Waals surface area contributed by atoms with Crippen LogP contribution in [0, 0.1) is 10.8 Å². The SMILES string of the molecule is CC(N)=NCCOc1ccc(CNC(=O)CCCCCCC(=O)NCc2ccc(OCCN=C(N)N)c(-c3cccc(OCCN=C(N)N)c3OCCCC(=N)N)c2)cc1-c1cccc(OCCN=C(N)N)c1OCCCC(=N)N. The number of para-hydroxylation sites is 2. The van der Waals surface area contributed by atoms with Gasteiger partial charge in [-0.1, -0.05) is 49.2 Å². The molecular weight excluding hydrogens is 1030 g/mol. The van der Waals surface area contributed by atoms with Crippen LogP contribution in [0.5, 0.6) is 34.5 Å². The summed E-state index contributed by atoms with van der Waals surface area (Å²) in [5, 5.41) is 21.4. The van der Waals surface area contributed by atoms with E-state index in [-0.39, 0.29) is 114 Å². The first-order valence-corrected chi connectivity index (χ1v) is 26.4. The van der Waals surface area contributed by atoms with Gasteiger partial charge in [-0.15, -0.1) is 0 Å². The maximum Gasteiger partial charge on any atom is 0.220 e. The fraction of sp³-hybridized carbons (Fsp3) is 0.418. The second-order valence-corrected chi connectivity index (χ2v) is 18.2. The maximum atomic E-state index is 13.1. The Morgan fingerprint density at radius 3 is 1.16 bits per heavy atom. The minimum atomic E-state index is -0.115. The lowest BCUT2D eigenvalue weighted by Gasteiger charge is -2.19. The molecule has 0 spiro atoms. The fourth-order valence-electron chi connectivity index (χ4n) is 7.77. The molecule has 4 rings (SSSR count). The van der Waals surface area contributed by atoms with E-state index >= 15 is 0 Å². The van der Waals surface area contributed by atoms with Gasteiger partial charge in [0.2, 0.25) is 11.8 Å². The zero-order valence-electron chi connectivity index (χ0n) is 45.7. The normalized spacial score (nSPS) is 10.9. The Balaban J connectivity index is 1.37. The van der Waals surface area contributed by atoms with Crippen LogP contribution < -0.4 is 90.7 Å². The van der Waals surface area contributed by atoms with E-state index in [1.165, 1.54) is 0 Å². The van der Waals surface area contributed by atoms with Crippen LogP contribution in [0.25, 0.3) is 22.3 Å². The number of rotatable bonds is 39. The smallest absolute Gasteiger partial charge is 0.220 e. The third-order valence-electron chi connectivity index (χ3n) is 11.5. The lowest BCUT2D eigenvalue weighted by Crippen LogP contribution is -2.23. The number of amides is 2. The molecule has 0 unspecified atom stereocenters. The second kappa shape index (κ2) is 35.3. The first-order valence-electron chi connectivity index (χ1n) is 26.4. The molecular formula is C55H81N17O8. The van der Waals surface area contributed by atoms with Gasteiger partial charge in [-0.05, 0) is 80.1 Å². The van der Waals surface area contributed by atoms with E-state index in [2.05, 4.69) is 30.6 Å². The molecule has 2 amide bonds. The molecule has 0 aliphatic carbocycles. The predicted molar refractivity (Wildman–Crippen MR) is 315 cm³/mol. The van der Waals surface area contributed by atoms with Crippen LogP contribution in [0.15, 0.2) is 92.8 Å². The Hall–Kier alpha value is -9.16. The van der Waals surface area contributed by atoms with Gasteiger partial charge in [-0.3, -0.25) is 40.4 Å². The van der Waals surface area contributed by atoms with Gasteiger partial charge in [0.25, 0.3) is 0 Å². The number of unbranched alkanes of at least 4 members (excludes halogenated alkanes) is 3. The number of benzene rings is 4. The molecule has 434 valence electrons. The number of guanidine groups is 3. The highest BCUT2D eigenvalue weighted by molar-refractivity contribution is 5.82. The molecule has 25 heteroatoms. The largest absolute Gasteiger partial charge is 0.491 e. The Bertz CT molecular complexity index is 2570. The molecule has 4 aromatic carbocycles. The number of ether oxygens (including phenoxy) is 6. The van der Waals surface area contributed by atoms with Crippen molar-refractivity contribution in [1.29, 1.82) is 10.8 Å². The molecule has 0 saturated heterocycles. The van der Waals surface area contributed by atoms with Crippen molar-refractivity contribution in [2.45, 2.75) is 84.2 Å². The van der Waals surface area contributed by atoms with E-state index in [0.717, 1.165) is 24.0 Å². The zero-order valence-corrected chi connectivity index (χ0v) is 45.7. The molecule has 4 aromatic rings. The molecule has 0 aliphatic rings. The Morgan fingerprint density at radius 1 is 0.425 bits per heavy atom. The van der Waals surface area contributed by atoms with Crippen LogP contribution >= 0.6 is 0 Å². The van der Waals surface area contributed by atoms with Crippen LogP contribution in [-0.2, 0) is 22.7 Å². The number of hydrogen-bond acceptors (Lipinski definition) is 14. The van der Waals surface area contributed by atoms with Crippen LogP contribution in [-0.4, -0.2) is 113 Å². The molecule has 0 radical (unpaired) electrons. The highest BCUT2D eigenvalue weighted by Crippen LogP contribution is 2.44. The van der Waals surface area contributed by atoms with Gasteiger partial charge in [0.05, 0.1) is 56.9 Å². The molecule has 22 N–H and O–H groups in total. The van der Waals surface area contributed by atoms with Crippen molar-refractivity contribution in [2.24, 2.45) is 71.6 Å². The Kier molecular flexibility index (Phi) is 28.0. The Labute approximate surface area is 467 Å². The van der Waals surface area contributed by atoms with Gasteiger partial charge in [0.15, 0.2) is 40.9 Å². The van der Waals surface area contributed by atoms with Gasteiger partial charge < -0.3 is 90.7 Å². The molecule has 0 fully saturated rings. The maximum absolute atomic E-state index is 13.1. The number of carbonyl (C=O) groups excluding carboxylic acids is 2. The summed E-state index contributed by atoms with van der Waals surface area (Å²) in [6, 6.07) is 22.2. The van der Waals surface area contributed by atoms with Crippen molar-refractivity contribution in [3.05, 3.63) is 83.9 Å². The molecule has 0 atom stereocenters. The van der Waals surface area contributed by atoms with Crippen molar-refractivity contribution in [1.82, 2.24) is 10.6 Å². The number of nitrogens with zero attached hydrogens (tertiary/aromatic N) is 4. The summed E-state index contributed by atoms with van der Waals surface area (Å²) in [6.07, 6.45) is 5.13. The minimum absolute atomic E-state index is 0.0498. The molecule has 0 bridgehead atoms. The number of nitrogens with two attached hydrogens (primary N) is 9. The summed E-state index contributed by atoms with van der Waals surface area (Å²) in [5.74, 6) is 3.01. The van der Waals surface area contributed by atoms with Gasteiger partial charge in [-0.2, -0.15) is 0 Å². The highest BCUT2D eigenvalue weighted by Gasteiger charge is 2.20. The van der Waals surface area contributed by atoms with E-state index in [9.17, 15) is 9.59 Å². The summed E-state index contributed by atoms with van der Waals surface area (Å²) in [7, 11) is 0. The van der Waals surface area contributed by atoms with Gasteiger partial charge in [0.1, 0.15) is 37.9 Å². The molecule has 0 aliphatic heterocycles. The number of amidine groups is 3. The third kappa shape index (κ3) is 24.4. The molecule has 0 saturated carbocycles. The summed E-state index contributed by atoms with van der Waals surface area (Å²) < 4.78 is 37.2. The number of aliphatic imine (C=N–C) groups is 4. The lowest BCUT2D eigenvalue weighted by atomic mass is 10.00. The number of carbonyl (C=O) groups is 2. The zero-order chi connectivity index (χ0) is 58.1. The van der Waals surface area contributed by atoms with Crippen molar-refractivity contribution >= 4 is 47.2 Å². The molecule has 0 heterocycles. The summed E-state index contributed by atoms with van der Waals surface area (Å²) >= 11 is 0. The topological polar surface area (TPSA) is 445 Å². The summed E-state index contributed by atoms with van der Waals surface area (Å²) in [4.78, 5) is 42.6. The van der Waals surface area contributed by atoms with E-state index in [0.29, 0.717) is 120 Å². The Morgan fingerprint density at radius 2 is 0.800 bits per heavy atom. The van der Waals surface area contributed by atoms with E-state index in [1.807, 2.05) is 60.7 Å². The molecule has 25 nitrogen and oxygen atoms in total. The predicted octanol–water partition coefficient (Wildman–Crippen LogP) is 3.20. The minimum Gasteiger partial charge on any atom is -0.491 e. The second-order valence-electron chi connectivity index (χ2n) is 18.2. The average molecular weight is 1110 g/mol. The van der Waals surface area contributed by atoms with E-state index in [4.69, 9.17) is 90.8 Å². The monoisotopic (exact) mass is 1110 g/mol. The van der Waals surface area contributed by atoms with Crippen LogP contribution in [0.3, 0.4) is 0 Å². The third-order valence-corrected chi connectivity index (χ3v) is 11.5. The van der Waals surface area contributed by atoms with Crippen molar-refractivity contribution in [2.75, 3.05) is 65.8 Å². The standard InChI is InChI=1S/C55H81N17O8/c1-36(56)67-22-28-75-43-20-18-37(32-41(43)39-10-6-12-45(77-30-24-69-54(63)64)51(39)79-26-8-14-47(57)58)34-71-49(73)16-4-2-3-5-17-50(74)72-35-38-19-21-44(76-29-23-68-53(61)62)42(33-38)40-11-7-13-46(78-31-25-70-55(65)66)52(40)80-27-9-15-48(59)60/h6-7,10-13,18-21,32-33H,2-5,8-9,14-17,22-31,34-35H2,1H3,(H2,56,67)(H3,57,58)(H3,59,60)(H,71,73)(H,72,74)(H4,61,62,68)(H4,63,64,69)(H4,65,66,70). The number of nitrogens with one attached hydrogen (secondary N) is 4. The molecule has 0 aromatic heterocycles. The number of hydrogen-bond donors (Lipinski definition) is 13. The lowest BCUT2D eigenvalue weighted by molar-refractivity contribution is -0.122. The summed E-state index contributed by atoms with van der Waals surface area (Å²) in [6.45, 7) is 4.49. The van der Waals surface area contributed by atoms with Gasteiger partial charge in [0, 0.05) is 61.0 Å².